The van der Waals surface area contributed by atoms with Crippen molar-refractivity contribution in [2.75, 3.05) is 0 Å². The summed E-state index contributed by atoms with van der Waals surface area (Å²) in [6.07, 6.45) is 1.78. The maximum Gasteiger partial charge on any atom is 0.116 e. The van der Waals surface area contributed by atoms with Gasteiger partial charge in [-0.05, 0) is 32.3 Å². The molecule has 1 heterocycles. The first-order valence-electron chi connectivity index (χ1n) is 5.41. The summed E-state index contributed by atoms with van der Waals surface area (Å²) < 4.78 is 1.89. The molecule has 0 spiro atoms. The van der Waals surface area contributed by atoms with Crippen LogP contribution in [-0.4, -0.2) is 15.6 Å². The lowest BCUT2D eigenvalue weighted by Crippen LogP contribution is -2.27. The fourth-order valence-corrected chi connectivity index (χ4v) is 2.04. The quantitative estimate of drug-likeness (QED) is 0.586. The minimum Gasteiger partial charge on any atom is -0.386 e. The summed E-state index contributed by atoms with van der Waals surface area (Å²) in [7, 11) is 0. The van der Waals surface area contributed by atoms with Crippen molar-refractivity contribution in [3.05, 3.63) is 17.0 Å². The number of rotatable bonds is 4. The van der Waals surface area contributed by atoms with E-state index in [4.69, 9.17) is 11.1 Å². The Hall–Kier alpha value is -1.32. The minimum atomic E-state index is -0.0935. The van der Waals surface area contributed by atoms with Gasteiger partial charge in [0.15, 0.2) is 0 Å². The van der Waals surface area contributed by atoms with E-state index < -0.39 is 0 Å². The van der Waals surface area contributed by atoms with Crippen LogP contribution in [0.4, 0.5) is 0 Å². The van der Waals surface area contributed by atoms with E-state index in [0.29, 0.717) is 0 Å². The van der Waals surface area contributed by atoms with Gasteiger partial charge < -0.3 is 5.73 Å². The molecule has 0 saturated heterocycles. The molecule has 3 N–H and O–H groups in total. The van der Waals surface area contributed by atoms with E-state index in [0.717, 1.165) is 24.2 Å². The lowest BCUT2D eigenvalue weighted by Gasteiger charge is -2.15. The van der Waals surface area contributed by atoms with Crippen LogP contribution in [0.3, 0.4) is 0 Å². The monoisotopic (exact) mass is 208 g/mol. The SMILES string of the molecule is CCc1c(C)nn(C(CC)C(=N)N)c1C. The predicted molar refractivity (Wildman–Crippen MR) is 62.3 cm³/mol. The van der Waals surface area contributed by atoms with Crippen molar-refractivity contribution >= 4 is 5.84 Å². The van der Waals surface area contributed by atoms with E-state index >= 15 is 0 Å². The highest BCUT2D eigenvalue weighted by Crippen LogP contribution is 2.19. The summed E-state index contributed by atoms with van der Waals surface area (Å²) in [6, 6.07) is -0.0935. The molecule has 0 amide bonds. The summed E-state index contributed by atoms with van der Waals surface area (Å²) in [4.78, 5) is 0. The third-order valence-corrected chi connectivity index (χ3v) is 2.87. The Kier molecular flexibility index (Phi) is 3.50. The molecular weight excluding hydrogens is 188 g/mol. The van der Waals surface area contributed by atoms with Gasteiger partial charge in [-0.1, -0.05) is 13.8 Å². The molecule has 0 aliphatic heterocycles. The zero-order valence-corrected chi connectivity index (χ0v) is 9.96. The smallest absolute Gasteiger partial charge is 0.116 e. The number of nitrogens with zero attached hydrogens (tertiary/aromatic N) is 2. The third-order valence-electron chi connectivity index (χ3n) is 2.87. The highest BCUT2D eigenvalue weighted by molar-refractivity contribution is 5.81. The fraction of sp³-hybridized carbons (Fsp3) is 0.636. The molecule has 0 bridgehead atoms. The normalized spacial score (nSPS) is 12.8. The zero-order chi connectivity index (χ0) is 11.6. The van der Waals surface area contributed by atoms with Crippen LogP contribution in [0.5, 0.6) is 0 Å². The Bertz CT molecular complexity index is 365. The van der Waals surface area contributed by atoms with Crippen LogP contribution in [-0.2, 0) is 6.42 Å². The van der Waals surface area contributed by atoms with Crippen molar-refractivity contribution in [3.8, 4) is 0 Å². The van der Waals surface area contributed by atoms with Gasteiger partial charge in [-0.2, -0.15) is 5.10 Å². The van der Waals surface area contributed by atoms with Gasteiger partial charge >= 0.3 is 0 Å². The second kappa shape index (κ2) is 4.47. The highest BCUT2D eigenvalue weighted by Gasteiger charge is 2.18. The van der Waals surface area contributed by atoms with Gasteiger partial charge in [0.25, 0.3) is 0 Å². The molecule has 1 atom stereocenters. The average Bonchev–Trinajstić information content (AvgIpc) is 2.43. The van der Waals surface area contributed by atoms with Crippen LogP contribution in [0.25, 0.3) is 0 Å². The van der Waals surface area contributed by atoms with Crippen molar-refractivity contribution in [2.24, 2.45) is 5.73 Å². The van der Waals surface area contributed by atoms with Crippen molar-refractivity contribution in [1.82, 2.24) is 9.78 Å². The second-order valence-electron chi connectivity index (χ2n) is 3.83. The molecule has 0 aliphatic rings. The Balaban J connectivity index is 3.19. The Morgan fingerprint density at radius 1 is 1.47 bits per heavy atom. The number of nitrogens with two attached hydrogens (primary N) is 1. The van der Waals surface area contributed by atoms with Gasteiger partial charge in [0.2, 0.25) is 0 Å². The van der Waals surface area contributed by atoms with Crippen molar-refractivity contribution in [2.45, 2.75) is 46.6 Å². The van der Waals surface area contributed by atoms with Gasteiger partial charge in [0, 0.05) is 5.69 Å². The van der Waals surface area contributed by atoms with Crippen molar-refractivity contribution in [1.29, 1.82) is 5.41 Å². The summed E-state index contributed by atoms with van der Waals surface area (Å²) in [5, 5.41) is 12.0. The fourth-order valence-electron chi connectivity index (χ4n) is 2.04. The Morgan fingerprint density at radius 3 is 2.40 bits per heavy atom. The largest absolute Gasteiger partial charge is 0.386 e. The van der Waals surface area contributed by atoms with Crippen LogP contribution >= 0.6 is 0 Å². The summed E-state index contributed by atoms with van der Waals surface area (Å²) in [6.45, 7) is 8.20. The van der Waals surface area contributed by atoms with Gasteiger partial charge in [0.1, 0.15) is 11.9 Å². The van der Waals surface area contributed by atoms with E-state index in [1.165, 1.54) is 5.56 Å². The van der Waals surface area contributed by atoms with Gasteiger partial charge in [-0.25, -0.2) is 0 Å². The lowest BCUT2D eigenvalue weighted by molar-refractivity contribution is 0.529. The van der Waals surface area contributed by atoms with E-state index in [9.17, 15) is 0 Å². The topological polar surface area (TPSA) is 67.7 Å². The Labute approximate surface area is 91.0 Å². The molecule has 1 unspecified atom stereocenters. The molecule has 1 aromatic rings. The average molecular weight is 208 g/mol. The van der Waals surface area contributed by atoms with Crippen LogP contribution in [0.1, 0.15) is 43.3 Å². The summed E-state index contributed by atoms with van der Waals surface area (Å²) in [5.74, 6) is 0.186. The zero-order valence-electron chi connectivity index (χ0n) is 9.96. The maximum atomic E-state index is 7.54. The van der Waals surface area contributed by atoms with Crippen molar-refractivity contribution < 1.29 is 0 Å². The van der Waals surface area contributed by atoms with Crippen LogP contribution in [0.2, 0.25) is 0 Å². The first kappa shape index (κ1) is 11.8. The first-order valence-corrected chi connectivity index (χ1v) is 5.41. The summed E-state index contributed by atoms with van der Waals surface area (Å²) >= 11 is 0. The number of nitrogens with one attached hydrogen (secondary N) is 1. The molecule has 15 heavy (non-hydrogen) atoms. The van der Waals surface area contributed by atoms with E-state index in [-0.39, 0.29) is 11.9 Å². The van der Waals surface area contributed by atoms with E-state index in [2.05, 4.69) is 12.0 Å². The van der Waals surface area contributed by atoms with Crippen LogP contribution in [0.15, 0.2) is 0 Å². The van der Waals surface area contributed by atoms with E-state index in [1.54, 1.807) is 0 Å². The molecule has 1 aromatic heterocycles. The summed E-state index contributed by atoms with van der Waals surface area (Å²) in [5.41, 5.74) is 9.03. The number of hydrogen-bond acceptors (Lipinski definition) is 2. The molecule has 0 aromatic carbocycles. The van der Waals surface area contributed by atoms with Crippen molar-refractivity contribution in [3.63, 3.8) is 0 Å². The van der Waals surface area contributed by atoms with Gasteiger partial charge in [-0.15, -0.1) is 0 Å². The lowest BCUT2D eigenvalue weighted by atomic mass is 10.1. The molecule has 0 fully saturated rings. The van der Waals surface area contributed by atoms with Gasteiger partial charge in [-0.3, -0.25) is 10.1 Å². The molecular formula is C11H20N4. The third kappa shape index (κ3) is 2.03. The van der Waals surface area contributed by atoms with E-state index in [1.807, 2.05) is 25.5 Å². The molecule has 0 radical (unpaired) electrons. The maximum absolute atomic E-state index is 7.54. The minimum absolute atomic E-state index is 0.0935. The number of hydrogen-bond donors (Lipinski definition) is 2. The van der Waals surface area contributed by atoms with Gasteiger partial charge in [0.05, 0.1) is 5.69 Å². The first-order chi connectivity index (χ1) is 7.02. The Morgan fingerprint density at radius 2 is 2.07 bits per heavy atom. The standard InChI is InChI=1S/C11H20N4/c1-5-9-7(3)14-15(8(9)4)10(6-2)11(12)13/h10H,5-6H2,1-4H3,(H3,12,13). The van der Waals surface area contributed by atoms with Crippen LogP contribution in [0, 0.1) is 19.3 Å². The predicted octanol–water partition coefficient (Wildman–Crippen LogP) is 1.95. The van der Waals surface area contributed by atoms with Crippen LogP contribution < -0.4 is 5.73 Å². The molecule has 0 aliphatic carbocycles. The molecule has 0 saturated carbocycles. The molecule has 84 valence electrons. The number of aromatic nitrogens is 2. The second-order valence-corrected chi connectivity index (χ2v) is 3.83. The number of aryl methyl sites for hydroxylation is 1. The number of amidine groups is 1. The highest BCUT2D eigenvalue weighted by atomic mass is 15.3. The molecule has 4 heteroatoms. The molecule has 4 nitrogen and oxygen atoms in total. The molecule has 1 rings (SSSR count).